The fraction of sp³-hybridized carbons (Fsp3) is 0.286. The summed E-state index contributed by atoms with van der Waals surface area (Å²) in [4.78, 5) is 3.56. The molecule has 0 radical (unpaired) electrons. The lowest BCUT2D eigenvalue weighted by atomic mass is 10.3. The molecule has 2 nitrogen and oxygen atoms in total. The number of hydrogen-bond donors (Lipinski definition) is 0. The molecule has 0 fully saturated rings. The smallest absolute Gasteiger partial charge is 0.266 e. The van der Waals surface area contributed by atoms with E-state index in [0.717, 1.165) is 6.20 Å². The van der Waals surface area contributed by atoms with Crippen molar-refractivity contribution in [2.24, 2.45) is 0 Å². The zero-order valence-electron chi connectivity index (χ0n) is 6.52. The Morgan fingerprint density at radius 3 is 2.46 bits per heavy atom. The average molecular weight is 228 g/mol. The maximum Gasteiger partial charge on any atom is 0.266 e. The SMILES string of the molecule is COc1ncc(C(F)F)c(Cl)c1Cl. The Balaban J connectivity index is 3.23. The van der Waals surface area contributed by atoms with Crippen LogP contribution in [0, 0.1) is 0 Å². The van der Waals surface area contributed by atoms with Crippen LogP contribution in [0.1, 0.15) is 12.0 Å². The highest BCUT2D eigenvalue weighted by Gasteiger charge is 2.18. The summed E-state index contributed by atoms with van der Waals surface area (Å²) in [7, 11) is 1.33. The van der Waals surface area contributed by atoms with E-state index in [-0.39, 0.29) is 15.9 Å². The van der Waals surface area contributed by atoms with Crippen LogP contribution >= 0.6 is 23.2 Å². The summed E-state index contributed by atoms with van der Waals surface area (Å²) in [5.74, 6) is 0.0380. The lowest BCUT2D eigenvalue weighted by molar-refractivity contribution is 0.151. The third kappa shape index (κ3) is 2.00. The molecule has 0 unspecified atom stereocenters. The van der Waals surface area contributed by atoms with Crippen LogP contribution in [0.2, 0.25) is 10.0 Å². The van der Waals surface area contributed by atoms with E-state index in [4.69, 9.17) is 23.2 Å². The monoisotopic (exact) mass is 227 g/mol. The fourth-order valence-electron chi connectivity index (χ4n) is 0.757. The molecule has 72 valence electrons. The van der Waals surface area contributed by atoms with E-state index in [2.05, 4.69) is 9.72 Å². The van der Waals surface area contributed by atoms with Gasteiger partial charge in [-0.15, -0.1) is 0 Å². The molecule has 1 aromatic heterocycles. The summed E-state index contributed by atoms with van der Waals surface area (Å²) in [5.41, 5.74) is -0.396. The van der Waals surface area contributed by atoms with E-state index in [1.807, 2.05) is 0 Å². The summed E-state index contributed by atoms with van der Waals surface area (Å²) < 4.78 is 29.1. The van der Waals surface area contributed by atoms with Gasteiger partial charge in [-0.1, -0.05) is 23.2 Å². The van der Waals surface area contributed by atoms with E-state index in [0.29, 0.717) is 0 Å². The van der Waals surface area contributed by atoms with Crippen molar-refractivity contribution < 1.29 is 13.5 Å². The Labute approximate surface area is 83.4 Å². The second-order valence-corrected chi connectivity index (χ2v) is 2.91. The van der Waals surface area contributed by atoms with Gasteiger partial charge in [0.2, 0.25) is 5.88 Å². The first-order chi connectivity index (χ1) is 6.07. The van der Waals surface area contributed by atoms with Crippen molar-refractivity contribution in [3.05, 3.63) is 21.8 Å². The quantitative estimate of drug-likeness (QED) is 0.774. The van der Waals surface area contributed by atoms with Crippen molar-refractivity contribution in [3.8, 4) is 5.88 Å². The van der Waals surface area contributed by atoms with Gasteiger partial charge >= 0.3 is 0 Å². The minimum absolute atomic E-state index is 0.0380. The van der Waals surface area contributed by atoms with Crippen LogP contribution in [0.5, 0.6) is 5.88 Å². The number of hydrogen-bond acceptors (Lipinski definition) is 2. The number of alkyl halides is 2. The molecule has 0 atom stereocenters. The molecule has 1 aromatic rings. The molecular weight excluding hydrogens is 223 g/mol. The number of methoxy groups -OCH3 is 1. The Bertz CT molecular complexity index is 320. The lowest BCUT2D eigenvalue weighted by Crippen LogP contribution is -1.94. The molecular formula is C7H5Cl2F2NO. The van der Waals surface area contributed by atoms with Gasteiger partial charge in [0, 0.05) is 6.20 Å². The summed E-state index contributed by atoms with van der Waals surface area (Å²) in [6.45, 7) is 0. The van der Waals surface area contributed by atoms with Crippen molar-refractivity contribution in [1.29, 1.82) is 0 Å². The molecule has 0 aliphatic heterocycles. The molecule has 0 bridgehead atoms. The Morgan fingerprint density at radius 2 is 2.00 bits per heavy atom. The molecule has 0 N–H and O–H groups in total. The zero-order valence-corrected chi connectivity index (χ0v) is 8.03. The van der Waals surface area contributed by atoms with Crippen LogP contribution in [0.15, 0.2) is 6.20 Å². The van der Waals surface area contributed by atoms with Crippen molar-refractivity contribution in [2.75, 3.05) is 7.11 Å². The first-order valence-electron chi connectivity index (χ1n) is 3.24. The second kappa shape index (κ2) is 4.07. The van der Waals surface area contributed by atoms with Crippen molar-refractivity contribution in [1.82, 2.24) is 4.98 Å². The largest absolute Gasteiger partial charge is 0.480 e. The van der Waals surface area contributed by atoms with E-state index in [9.17, 15) is 8.78 Å². The lowest BCUT2D eigenvalue weighted by Gasteiger charge is -2.06. The molecule has 0 aromatic carbocycles. The van der Waals surface area contributed by atoms with E-state index in [1.165, 1.54) is 7.11 Å². The van der Waals surface area contributed by atoms with E-state index in [1.54, 1.807) is 0 Å². The normalized spacial score (nSPS) is 10.6. The zero-order chi connectivity index (χ0) is 10.0. The molecule has 0 aliphatic rings. The molecule has 0 amide bonds. The summed E-state index contributed by atoms with van der Waals surface area (Å²) in [6, 6.07) is 0. The summed E-state index contributed by atoms with van der Waals surface area (Å²) in [5, 5.41) is -0.314. The minimum Gasteiger partial charge on any atom is -0.480 e. The average Bonchev–Trinajstić information content (AvgIpc) is 2.09. The van der Waals surface area contributed by atoms with Crippen LogP contribution < -0.4 is 4.74 Å². The van der Waals surface area contributed by atoms with Gasteiger partial charge in [0.25, 0.3) is 6.43 Å². The van der Waals surface area contributed by atoms with Crippen LogP contribution in [0.4, 0.5) is 8.78 Å². The molecule has 0 aliphatic carbocycles. The van der Waals surface area contributed by atoms with Gasteiger partial charge < -0.3 is 4.74 Å². The first-order valence-corrected chi connectivity index (χ1v) is 3.99. The topological polar surface area (TPSA) is 22.1 Å². The molecule has 0 saturated heterocycles. The number of pyridine rings is 1. The van der Waals surface area contributed by atoms with Gasteiger partial charge in [0.05, 0.1) is 17.7 Å². The third-order valence-electron chi connectivity index (χ3n) is 1.38. The molecule has 0 spiro atoms. The fourth-order valence-corrected chi connectivity index (χ4v) is 1.20. The van der Waals surface area contributed by atoms with Crippen LogP contribution in [0.25, 0.3) is 0 Å². The molecule has 13 heavy (non-hydrogen) atoms. The highest BCUT2D eigenvalue weighted by Crippen LogP contribution is 2.36. The van der Waals surface area contributed by atoms with Crippen LogP contribution in [-0.2, 0) is 0 Å². The van der Waals surface area contributed by atoms with Crippen LogP contribution in [0.3, 0.4) is 0 Å². The van der Waals surface area contributed by atoms with Gasteiger partial charge in [-0.25, -0.2) is 13.8 Å². The van der Waals surface area contributed by atoms with Crippen LogP contribution in [-0.4, -0.2) is 12.1 Å². The molecule has 1 heterocycles. The maximum absolute atomic E-state index is 12.2. The summed E-state index contributed by atoms with van der Waals surface area (Å²) in [6.07, 6.45) is -1.75. The van der Waals surface area contributed by atoms with Crippen molar-refractivity contribution in [2.45, 2.75) is 6.43 Å². The Kier molecular flexibility index (Phi) is 3.27. The number of rotatable bonds is 2. The number of ether oxygens (including phenoxy) is 1. The van der Waals surface area contributed by atoms with Gasteiger partial charge in [0.1, 0.15) is 5.02 Å². The van der Waals surface area contributed by atoms with E-state index >= 15 is 0 Å². The standard InChI is InChI=1S/C7H5Cl2F2NO/c1-13-7-5(9)4(8)3(2-12-7)6(10)11/h2,6H,1H3. The number of nitrogens with zero attached hydrogens (tertiary/aromatic N) is 1. The Hall–Kier alpha value is -0.610. The molecule has 1 rings (SSSR count). The minimum atomic E-state index is -2.69. The molecule has 0 saturated carbocycles. The molecule has 6 heteroatoms. The maximum atomic E-state index is 12.2. The predicted molar refractivity (Wildman–Crippen MR) is 45.8 cm³/mol. The van der Waals surface area contributed by atoms with Gasteiger partial charge in [-0.3, -0.25) is 0 Å². The number of halogens is 4. The Morgan fingerprint density at radius 1 is 1.38 bits per heavy atom. The number of aromatic nitrogens is 1. The van der Waals surface area contributed by atoms with E-state index < -0.39 is 12.0 Å². The van der Waals surface area contributed by atoms with Crippen molar-refractivity contribution >= 4 is 23.2 Å². The highest BCUT2D eigenvalue weighted by atomic mass is 35.5. The summed E-state index contributed by atoms with van der Waals surface area (Å²) >= 11 is 11.1. The van der Waals surface area contributed by atoms with Gasteiger partial charge in [-0.2, -0.15) is 0 Å². The predicted octanol–water partition coefficient (Wildman–Crippen LogP) is 3.33. The first kappa shape index (κ1) is 10.5. The van der Waals surface area contributed by atoms with Gasteiger partial charge in [0.15, 0.2) is 0 Å². The second-order valence-electron chi connectivity index (χ2n) is 2.15. The van der Waals surface area contributed by atoms with Crippen molar-refractivity contribution in [3.63, 3.8) is 0 Å². The highest BCUT2D eigenvalue weighted by molar-refractivity contribution is 6.43. The third-order valence-corrected chi connectivity index (χ3v) is 2.24. The van der Waals surface area contributed by atoms with Gasteiger partial charge in [-0.05, 0) is 0 Å².